The summed E-state index contributed by atoms with van der Waals surface area (Å²) in [5, 5.41) is 0. The van der Waals surface area contributed by atoms with Crippen LogP contribution in [0.5, 0.6) is 5.75 Å². The molecule has 0 radical (unpaired) electrons. The Morgan fingerprint density at radius 3 is 2.69 bits per heavy atom. The van der Waals surface area contributed by atoms with Gasteiger partial charge in [0.1, 0.15) is 17.4 Å². The normalized spacial score (nSPS) is 18.7. The smallest absolute Gasteiger partial charge is 0.336 e. The molecule has 0 saturated carbocycles. The fraction of sp³-hybridized carbons (Fsp3) is 0.368. The van der Waals surface area contributed by atoms with Crippen LogP contribution in [0, 0.1) is 5.82 Å². The highest BCUT2D eigenvalue weighted by Gasteiger charge is 2.36. The van der Waals surface area contributed by atoms with Crippen molar-refractivity contribution in [3.8, 4) is 5.75 Å². The molecule has 0 aliphatic carbocycles. The van der Waals surface area contributed by atoms with Crippen molar-refractivity contribution in [1.29, 1.82) is 0 Å². The topological polar surface area (TPSA) is 99.9 Å². The molecule has 0 bridgehead atoms. The molecule has 0 spiro atoms. The van der Waals surface area contributed by atoms with Crippen molar-refractivity contribution in [2.45, 2.75) is 32.6 Å². The fourth-order valence-corrected chi connectivity index (χ4v) is 3.05. The number of ether oxygens (including phenoxy) is 2. The van der Waals surface area contributed by atoms with E-state index < -0.39 is 17.7 Å². The number of rotatable bonds is 6. The highest BCUT2D eigenvalue weighted by Crippen LogP contribution is 2.42. The summed E-state index contributed by atoms with van der Waals surface area (Å²) >= 11 is 0. The van der Waals surface area contributed by atoms with Crippen LogP contribution in [0.1, 0.15) is 38.2 Å². The standard InChI is InChI=1S/C19H24FN3O3/c1-4-6-14-17(19(24)26-5-2)16(13(10-21)18(22)23-14)12-9-11(20)7-8-15(12)25-3/h7-10,16H,4-6,21H2,1-3H3,(H2,22,23)/b13-10-. The Morgan fingerprint density at radius 2 is 2.12 bits per heavy atom. The Bertz CT molecular complexity index is 784. The average molecular weight is 361 g/mol. The predicted molar refractivity (Wildman–Crippen MR) is 98.2 cm³/mol. The zero-order valence-corrected chi connectivity index (χ0v) is 15.2. The summed E-state index contributed by atoms with van der Waals surface area (Å²) in [7, 11) is 1.48. The van der Waals surface area contributed by atoms with Crippen LogP contribution in [-0.4, -0.2) is 25.5 Å². The molecule has 1 heterocycles. The van der Waals surface area contributed by atoms with Crippen molar-refractivity contribution in [1.82, 2.24) is 0 Å². The fourth-order valence-electron chi connectivity index (χ4n) is 3.05. The summed E-state index contributed by atoms with van der Waals surface area (Å²) in [4.78, 5) is 17.1. The van der Waals surface area contributed by atoms with Gasteiger partial charge in [-0.1, -0.05) is 13.3 Å². The Kier molecular flexibility index (Phi) is 6.38. The van der Waals surface area contributed by atoms with Gasteiger partial charge in [0.25, 0.3) is 0 Å². The molecule has 6 nitrogen and oxygen atoms in total. The molecule has 26 heavy (non-hydrogen) atoms. The summed E-state index contributed by atoms with van der Waals surface area (Å²) < 4.78 is 24.6. The third-order valence-corrected chi connectivity index (χ3v) is 4.13. The van der Waals surface area contributed by atoms with Crippen LogP contribution in [0.25, 0.3) is 0 Å². The molecule has 1 aromatic carbocycles. The van der Waals surface area contributed by atoms with Gasteiger partial charge in [0.2, 0.25) is 0 Å². The number of carbonyl (C=O) groups excluding carboxylic acids is 1. The van der Waals surface area contributed by atoms with E-state index in [2.05, 4.69) is 4.99 Å². The van der Waals surface area contributed by atoms with Crippen LogP contribution in [0.15, 0.2) is 46.2 Å². The molecule has 1 atom stereocenters. The molecular formula is C19H24FN3O3. The minimum absolute atomic E-state index is 0.195. The van der Waals surface area contributed by atoms with Gasteiger partial charge >= 0.3 is 5.97 Å². The van der Waals surface area contributed by atoms with E-state index in [0.717, 1.165) is 6.42 Å². The minimum atomic E-state index is -0.719. The first-order valence-electron chi connectivity index (χ1n) is 8.48. The first kappa shape index (κ1) is 19.5. The number of aliphatic imine (C=N–C) groups is 1. The first-order chi connectivity index (χ1) is 12.5. The first-order valence-corrected chi connectivity index (χ1v) is 8.48. The third-order valence-electron chi connectivity index (χ3n) is 4.13. The zero-order chi connectivity index (χ0) is 19.3. The van der Waals surface area contributed by atoms with Gasteiger partial charge < -0.3 is 20.9 Å². The van der Waals surface area contributed by atoms with Crippen LogP contribution >= 0.6 is 0 Å². The van der Waals surface area contributed by atoms with Crippen LogP contribution in [0.4, 0.5) is 4.39 Å². The molecule has 0 aromatic heterocycles. The zero-order valence-electron chi connectivity index (χ0n) is 15.2. The van der Waals surface area contributed by atoms with Gasteiger partial charge in [-0.05, 0) is 31.5 Å². The van der Waals surface area contributed by atoms with Crippen molar-refractivity contribution in [3.63, 3.8) is 0 Å². The molecule has 1 aromatic rings. The van der Waals surface area contributed by atoms with E-state index in [-0.39, 0.29) is 12.4 Å². The number of methoxy groups -OCH3 is 1. The molecule has 1 aliphatic heterocycles. The minimum Gasteiger partial charge on any atom is -0.496 e. The molecule has 0 saturated heterocycles. The van der Waals surface area contributed by atoms with Crippen molar-refractivity contribution in [3.05, 3.63) is 52.6 Å². The number of carbonyl (C=O) groups is 1. The number of halogens is 1. The third kappa shape index (κ3) is 3.71. The number of benzene rings is 1. The molecule has 140 valence electrons. The second-order valence-corrected chi connectivity index (χ2v) is 5.77. The van der Waals surface area contributed by atoms with E-state index in [1.807, 2.05) is 6.92 Å². The van der Waals surface area contributed by atoms with Crippen molar-refractivity contribution in [2.24, 2.45) is 16.5 Å². The summed E-state index contributed by atoms with van der Waals surface area (Å²) in [6, 6.07) is 4.10. The van der Waals surface area contributed by atoms with Gasteiger partial charge in [-0.3, -0.25) is 0 Å². The van der Waals surface area contributed by atoms with Crippen LogP contribution < -0.4 is 16.2 Å². The maximum atomic E-state index is 14.0. The van der Waals surface area contributed by atoms with Gasteiger partial charge in [-0.15, -0.1) is 0 Å². The second kappa shape index (κ2) is 8.51. The number of hydrogen-bond donors (Lipinski definition) is 2. The van der Waals surface area contributed by atoms with E-state index in [1.54, 1.807) is 6.92 Å². The Balaban J connectivity index is 2.77. The van der Waals surface area contributed by atoms with Crippen molar-refractivity contribution in [2.75, 3.05) is 13.7 Å². The van der Waals surface area contributed by atoms with E-state index >= 15 is 0 Å². The number of nitrogens with two attached hydrogens (primary N) is 2. The van der Waals surface area contributed by atoms with Gasteiger partial charge in [-0.25, -0.2) is 14.2 Å². The number of allylic oxidation sites excluding steroid dienone is 1. The Labute approximate surface area is 152 Å². The van der Waals surface area contributed by atoms with Gasteiger partial charge in [-0.2, -0.15) is 0 Å². The largest absolute Gasteiger partial charge is 0.496 e. The van der Waals surface area contributed by atoms with E-state index in [0.29, 0.717) is 34.6 Å². The highest BCUT2D eigenvalue weighted by atomic mass is 19.1. The lowest BCUT2D eigenvalue weighted by molar-refractivity contribution is -0.138. The Hall–Kier alpha value is -2.83. The number of nitrogens with zero attached hydrogens (tertiary/aromatic N) is 1. The molecule has 7 heteroatoms. The van der Waals surface area contributed by atoms with Crippen LogP contribution in [-0.2, 0) is 9.53 Å². The van der Waals surface area contributed by atoms with Crippen molar-refractivity contribution < 1.29 is 18.7 Å². The van der Waals surface area contributed by atoms with E-state index in [4.69, 9.17) is 20.9 Å². The monoisotopic (exact) mass is 361 g/mol. The second-order valence-electron chi connectivity index (χ2n) is 5.77. The SMILES string of the molecule is CCCC1=C(C(=O)OCC)C(c2cc(F)ccc2OC)/C(=C/N)C(N)=N1. The lowest BCUT2D eigenvalue weighted by atomic mass is 9.80. The lowest BCUT2D eigenvalue weighted by Gasteiger charge is -2.29. The molecule has 2 rings (SSSR count). The summed E-state index contributed by atoms with van der Waals surface area (Å²) in [6.45, 7) is 3.89. The van der Waals surface area contributed by atoms with E-state index in [1.165, 1.54) is 31.5 Å². The molecule has 1 unspecified atom stereocenters. The maximum absolute atomic E-state index is 14.0. The Morgan fingerprint density at radius 1 is 1.38 bits per heavy atom. The number of esters is 1. The van der Waals surface area contributed by atoms with Crippen molar-refractivity contribution >= 4 is 11.8 Å². The summed E-state index contributed by atoms with van der Waals surface area (Å²) in [5.41, 5.74) is 13.5. The number of hydrogen-bond acceptors (Lipinski definition) is 6. The highest BCUT2D eigenvalue weighted by molar-refractivity contribution is 6.05. The maximum Gasteiger partial charge on any atom is 0.336 e. The molecule has 0 amide bonds. The summed E-state index contributed by atoms with van der Waals surface area (Å²) in [6.07, 6.45) is 2.57. The van der Waals surface area contributed by atoms with Gasteiger partial charge in [0, 0.05) is 17.3 Å². The predicted octanol–water partition coefficient (Wildman–Crippen LogP) is 2.75. The molecular weight excluding hydrogens is 337 g/mol. The van der Waals surface area contributed by atoms with Crippen LogP contribution in [0.3, 0.4) is 0 Å². The summed E-state index contributed by atoms with van der Waals surface area (Å²) in [5.74, 6) is -1.09. The number of amidine groups is 1. The molecule has 4 N–H and O–H groups in total. The van der Waals surface area contributed by atoms with E-state index in [9.17, 15) is 9.18 Å². The van der Waals surface area contributed by atoms with Gasteiger partial charge in [0.05, 0.1) is 30.9 Å². The molecule has 1 aliphatic rings. The quantitative estimate of drug-likeness (QED) is 0.759. The lowest BCUT2D eigenvalue weighted by Crippen LogP contribution is -2.30. The van der Waals surface area contributed by atoms with Gasteiger partial charge in [0.15, 0.2) is 0 Å². The van der Waals surface area contributed by atoms with Crippen LogP contribution in [0.2, 0.25) is 0 Å². The average Bonchev–Trinajstić information content (AvgIpc) is 2.61. The molecule has 0 fully saturated rings.